The molecule has 1 aromatic carbocycles. The summed E-state index contributed by atoms with van der Waals surface area (Å²) in [5.41, 5.74) is 2.30. The third kappa shape index (κ3) is 4.85. The van der Waals surface area contributed by atoms with Gasteiger partial charge in [0.25, 0.3) is 0 Å². The summed E-state index contributed by atoms with van der Waals surface area (Å²) in [6, 6.07) is 8.08. The fourth-order valence-corrected chi connectivity index (χ4v) is 1.83. The number of benzene rings is 1. The van der Waals surface area contributed by atoms with Gasteiger partial charge < -0.3 is 5.11 Å². The molecule has 1 unspecified atom stereocenters. The first-order chi connectivity index (χ1) is 8.13. The highest BCUT2D eigenvalue weighted by Gasteiger charge is 2.17. The minimum Gasteiger partial charge on any atom is -0.481 e. The number of allylic oxidation sites excluding steroid dienone is 1. The van der Waals surface area contributed by atoms with E-state index in [1.165, 1.54) is 5.56 Å². The first kappa shape index (κ1) is 13.5. The van der Waals surface area contributed by atoms with E-state index in [0.29, 0.717) is 6.42 Å². The molecule has 1 N–H and O–H groups in total. The van der Waals surface area contributed by atoms with E-state index in [0.717, 1.165) is 24.8 Å². The van der Waals surface area contributed by atoms with Crippen LogP contribution in [0.2, 0.25) is 0 Å². The number of aliphatic carboxylic acids is 1. The SMILES string of the molecule is C=CCCCC(Cc1ccc(C)cc1)C(=O)O. The summed E-state index contributed by atoms with van der Waals surface area (Å²) >= 11 is 0. The average Bonchev–Trinajstić information content (AvgIpc) is 2.30. The molecule has 2 heteroatoms. The van der Waals surface area contributed by atoms with Gasteiger partial charge in [-0.25, -0.2) is 0 Å². The molecule has 92 valence electrons. The molecule has 0 aliphatic carbocycles. The molecule has 0 amide bonds. The quantitative estimate of drug-likeness (QED) is 0.576. The maximum atomic E-state index is 11.1. The van der Waals surface area contributed by atoms with Crippen molar-refractivity contribution in [1.29, 1.82) is 0 Å². The summed E-state index contributed by atoms with van der Waals surface area (Å²) < 4.78 is 0. The van der Waals surface area contributed by atoms with E-state index in [-0.39, 0.29) is 5.92 Å². The van der Waals surface area contributed by atoms with Crippen LogP contribution in [-0.4, -0.2) is 11.1 Å². The van der Waals surface area contributed by atoms with Gasteiger partial charge in [0.2, 0.25) is 0 Å². The van der Waals surface area contributed by atoms with Crippen molar-refractivity contribution in [3.8, 4) is 0 Å². The van der Waals surface area contributed by atoms with Crippen LogP contribution in [0.3, 0.4) is 0 Å². The van der Waals surface area contributed by atoms with E-state index < -0.39 is 5.97 Å². The summed E-state index contributed by atoms with van der Waals surface area (Å²) in [6.45, 7) is 5.68. The monoisotopic (exact) mass is 232 g/mol. The lowest BCUT2D eigenvalue weighted by atomic mass is 9.94. The van der Waals surface area contributed by atoms with Gasteiger partial charge >= 0.3 is 5.97 Å². The van der Waals surface area contributed by atoms with E-state index in [9.17, 15) is 4.79 Å². The fourth-order valence-electron chi connectivity index (χ4n) is 1.83. The molecule has 17 heavy (non-hydrogen) atoms. The van der Waals surface area contributed by atoms with E-state index >= 15 is 0 Å². The van der Waals surface area contributed by atoms with E-state index in [4.69, 9.17) is 5.11 Å². The lowest BCUT2D eigenvalue weighted by Gasteiger charge is -2.11. The molecule has 0 aromatic heterocycles. The van der Waals surface area contributed by atoms with Gasteiger partial charge in [0, 0.05) is 0 Å². The highest BCUT2D eigenvalue weighted by atomic mass is 16.4. The van der Waals surface area contributed by atoms with Crippen molar-refractivity contribution >= 4 is 5.97 Å². The molecular weight excluding hydrogens is 212 g/mol. The summed E-state index contributed by atoms with van der Waals surface area (Å²) in [4.78, 5) is 11.1. The van der Waals surface area contributed by atoms with Crippen molar-refractivity contribution in [3.63, 3.8) is 0 Å². The molecule has 1 aromatic rings. The molecular formula is C15H20O2. The molecule has 0 aliphatic heterocycles. The maximum absolute atomic E-state index is 11.1. The molecule has 1 rings (SSSR count). The van der Waals surface area contributed by atoms with E-state index in [2.05, 4.69) is 6.58 Å². The Hall–Kier alpha value is -1.57. The van der Waals surface area contributed by atoms with E-state index in [1.807, 2.05) is 37.3 Å². The summed E-state index contributed by atoms with van der Waals surface area (Å²) in [5.74, 6) is -0.979. The topological polar surface area (TPSA) is 37.3 Å². The van der Waals surface area contributed by atoms with Gasteiger partial charge in [-0.05, 0) is 38.2 Å². The number of rotatable bonds is 7. The van der Waals surface area contributed by atoms with Crippen LogP contribution in [0.25, 0.3) is 0 Å². The molecule has 0 radical (unpaired) electrons. The molecule has 0 saturated carbocycles. The lowest BCUT2D eigenvalue weighted by molar-refractivity contribution is -0.141. The van der Waals surface area contributed by atoms with Crippen molar-refractivity contribution in [2.45, 2.75) is 32.6 Å². The second-order valence-electron chi connectivity index (χ2n) is 4.44. The minimum absolute atomic E-state index is 0.280. The second kappa shape index (κ2) is 6.89. The first-order valence-corrected chi connectivity index (χ1v) is 6.02. The van der Waals surface area contributed by atoms with Crippen LogP contribution in [0, 0.1) is 12.8 Å². The van der Waals surface area contributed by atoms with Crippen molar-refractivity contribution in [2.24, 2.45) is 5.92 Å². The number of aryl methyl sites for hydroxylation is 1. The molecule has 2 nitrogen and oxygen atoms in total. The van der Waals surface area contributed by atoms with Crippen LogP contribution in [0.15, 0.2) is 36.9 Å². The Balaban J connectivity index is 2.56. The van der Waals surface area contributed by atoms with Gasteiger partial charge in [-0.1, -0.05) is 35.9 Å². The highest BCUT2D eigenvalue weighted by Crippen LogP contribution is 2.16. The van der Waals surface area contributed by atoms with Gasteiger partial charge in [-0.2, -0.15) is 0 Å². The van der Waals surface area contributed by atoms with Gasteiger partial charge in [-0.3, -0.25) is 4.79 Å². The number of carboxylic acid groups (broad SMARTS) is 1. The van der Waals surface area contributed by atoms with Crippen molar-refractivity contribution in [2.75, 3.05) is 0 Å². The molecule has 0 heterocycles. The third-order valence-corrected chi connectivity index (χ3v) is 2.91. The van der Waals surface area contributed by atoms with Crippen LogP contribution < -0.4 is 0 Å². The first-order valence-electron chi connectivity index (χ1n) is 6.02. The number of unbranched alkanes of at least 4 members (excludes halogenated alkanes) is 1. The summed E-state index contributed by atoms with van der Waals surface area (Å²) in [7, 11) is 0. The largest absolute Gasteiger partial charge is 0.481 e. The molecule has 0 aliphatic rings. The Morgan fingerprint density at radius 3 is 2.59 bits per heavy atom. The molecule has 0 fully saturated rings. The third-order valence-electron chi connectivity index (χ3n) is 2.91. The molecule has 1 atom stereocenters. The zero-order valence-electron chi connectivity index (χ0n) is 10.4. The number of hydrogen-bond acceptors (Lipinski definition) is 1. The Bertz CT molecular complexity index is 365. The predicted molar refractivity (Wildman–Crippen MR) is 70.1 cm³/mol. The standard InChI is InChI=1S/C15H20O2/c1-3-4-5-6-14(15(16)17)11-13-9-7-12(2)8-10-13/h3,7-10,14H,1,4-6,11H2,2H3,(H,16,17). The molecule has 0 saturated heterocycles. The van der Waals surface area contributed by atoms with Gasteiger partial charge in [-0.15, -0.1) is 6.58 Å². The summed E-state index contributed by atoms with van der Waals surface area (Å²) in [5, 5.41) is 9.16. The Labute approximate surface area is 103 Å². The van der Waals surface area contributed by atoms with Gasteiger partial charge in [0.1, 0.15) is 0 Å². The van der Waals surface area contributed by atoms with Gasteiger partial charge in [0.15, 0.2) is 0 Å². The Morgan fingerprint density at radius 2 is 2.06 bits per heavy atom. The predicted octanol–water partition coefficient (Wildman–Crippen LogP) is 3.59. The zero-order valence-corrected chi connectivity index (χ0v) is 10.4. The smallest absolute Gasteiger partial charge is 0.306 e. The van der Waals surface area contributed by atoms with Crippen LogP contribution in [-0.2, 0) is 11.2 Å². The van der Waals surface area contributed by atoms with Crippen molar-refractivity contribution in [1.82, 2.24) is 0 Å². The van der Waals surface area contributed by atoms with Crippen LogP contribution in [0.5, 0.6) is 0 Å². The number of carboxylic acids is 1. The van der Waals surface area contributed by atoms with Crippen LogP contribution in [0.1, 0.15) is 30.4 Å². The number of hydrogen-bond donors (Lipinski definition) is 1. The fraction of sp³-hybridized carbons (Fsp3) is 0.400. The number of carbonyl (C=O) groups is 1. The van der Waals surface area contributed by atoms with Crippen molar-refractivity contribution in [3.05, 3.63) is 48.0 Å². The highest BCUT2D eigenvalue weighted by molar-refractivity contribution is 5.70. The second-order valence-corrected chi connectivity index (χ2v) is 4.44. The average molecular weight is 232 g/mol. The van der Waals surface area contributed by atoms with Gasteiger partial charge in [0.05, 0.1) is 5.92 Å². The summed E-state index contributed by atoms with van der Waals surface area (Å²) in [6.07, 6.45) is 4.96. The molecule has 0 spiro atoms. The van der Waals surface area contributed by atoms with Crippen molar-refractivity contribution < 1.29 is 9.90 Å². The van der Waals surface area contributed by atoms with Crippen LogP contribution >= 0.6 is 0 Å². The Morgan fingerprint density at radius 1 is 1.41 bits per heavy atom. The normalized spacial score (nSPS) is 12.1. The van der Waals surface area contributed by atoms with Crippen LogP contribution in [0.4, 0.5) is 0 Å². The Kier molecular flexibility index (Phi) is 5.47. The van der Waals surface area contributed by atoms with E-state index in [1.54, 1.807) is 0 Å². The molecule has 0 bridgehead atoms. The maximum Gasteiger partial charge on any atom is 0.306 e. The zero-order chi connectivity index (χ0) is 12.7. The lowest BCUT2D eigenvalue weighted by Crippen LogP contribution is -2.16. The minimum atomic E-state index is -0.699.